The average Bonchev–Trinajstić information content (AvgIpc) is 2.94. The first-order valence-electron chi connectivity index (χ1n) is 6.03. The largest absolute Gasteiger partial charge is 0.269 e. The molecule has 0 aromatic heterocycles. The fraction of sp³-hybridized carbons (Fsp3) is 0.143. The molecule has 4 amide bonds. The zero-order valence-electron chi connectivity index (χ0n) is 10.4. The first kappa shape index (κ1) is 12.3. The van der Waals surface area contributed by atoms with Crippen LogP contribution in [0.2, 0.25) is 0 Å². The van der Waals surface area contributed by atoms with Crippen molar-refractivity contribution in [3.05, 3.63) is 48.6 Å². The fourth-order valence-electron chi connectivity index (χ4n) is 2.59. The highest BCUT2D eigenvalue weighted by Gasteiger charge is 2.51. The Kier molecular flexibility index (Phi) is 2.53. The van der Waals surface area contributed by atoms with Crippen molar-refractivity contribution >= 4 is 23.6 Å². The van der Waals surface area contributed by atoms with Gasteiger partial charge in [-0.3, -0.25) is 19.2 Å². The van der Waals surface area contributed by atoms with Gasteiger partial charge >= 0.3 is 0 Å². The molecule has 2 heterocycles. The Bertz CT molecular complexity index is 576. The van der Waals surface area contributed by atoms with E-state index in [1.165, 1.54) is 6.08 Å². The molecule has 0 spiro atoms. The molecule has 3 aliphatic rings. The lowest BCUT2D eigenvalue weighted by atomic mass is 9.96. The number of hydrogen-bond acceptors (Lipinski definition) is 4. The van der Waals surface area contributed by atoms with Gasteiger partial charge in [-0.05, 0) is 6.08 Å². The molecule has 100 valence electrons. The van der Waals surface area contributed by atoms with Crippen LogP contribution in [0, 0.1) is 0 Å². The van der Waals surface area contributed by atoms with Gasteiger partial charge in [0.05, 0.1) is 0 Å². The van der Waals surface area contributed by atoms with Crippen LogP contribution in [-0.4, -0.2) is 39.1 Å². The van der Waals surface area contributed by atoms with Gasteiger partial charge in [-0.1, -0.05) is 18.2 Å². The van der Waals surface area contributed by atoms with Crippen molar-refractivity contribution in [3.63, 3.8) is 0 Å². The van der Waals surface area contributed by atoms with Crippen LogP contribution in [0.4, 0.5) is 0 Å². The third-order valence-electron chi connectivity index (χ3n) is 3.42. The summed E-state index contributed by atoms with van der Waals surface area (Å²) in [7, 11) is 0. The standard InChI is InChI=1S/C14H10N2O4/c17-10-4-5-11(18)15(10)14(8-2-1-3-9-14)16-12(19)6-7-13(16)20/h1-8H,9H2. The van der Waals surface area contributed by atoms with Crippen LogP contribution in [0.15, 0.2) is 48.6 Å². The molecule has 20 heavy (non-hydrogen) atoms. The van der Waals surface area contributed by atoms with E-state index in [-0.39, 0.29) is 6.42 Å². The fourth-order valence-corrected chi connectivity index (χ4v) is 2.59. The molecule has 3 rings (SSSR count). The lowest BCUT2D eigenvalue weighted by Crippen LogP contribution is -2.63. The number of nitrogens with zero attached hydrogens (tertiary/aromatic N) is 2. The Morgan fingerprint density at radius 2 is 1.20 bits per heavy atom. The summed E-state index contributed by atoms with van der Waals surface area (Å²) < 4.78 is 0. The van der Waals surface area contributed by atoms with E-state index in [0.717, 1.165) is 34.1 Å². The molecule has 2 aliphatic heterocycles. The van der Waals surface area contributed by atoms with Gasteiger partial charge < -0.3 is 0 Å². The highest BCUT2D eigenvalue weighted by Crippen LogP contribution is 2.34. The number of carbonyl (C=O) groups is 4. The van der Waals surface area contributed by atoms with Gasteiger partial charge in [-0.2, -0.15) is 0 Å². The summed E-state index contributed by atoms with van der Waals surface area (Å²) in [6, 6.07) is 0. The molecule has 1 aliphatic carbocycles. The van der Waals surface area contributed by atoms with Crippen LogP contribution >= 0.6 is 0 Å². The number of allylic oxidation sites excluding steroid dienone is 2. The van der Waals surface area contributed by atoms with E-state index in [2.05, 4.69) is 0 Å². The van der Waals surface area contributed by atoms with Crippen molar-refractivity contribution in [1.82, 2.24) is 9.80 Å². The summed E-state index contributed by atoms with van der Waals surface area (Å²) in [5.41, 5.74) is -1.40. The maximum absolute atomic E-state index is 11.9. The van der Waals surface area contributed by atoms with E-state index in [0.29, 0.717) is 0 Å². The first-order valence-corrected chi connectivity index (χ1v) is 6.03. The maximum atomic E-state index is 11.9. The SMILES string of the molecule is O=C1C=CC(=O)N1C1(N2C(=O)C=CC2=O)C=CC=CC1. The molecule has 0 bridgehead atoms. The maximum Gasteiger partial charge on any atom is 0.255 e. The third kappa shape index (κ3) is 1.51. The molecule has 0 saturated carbocycles. The lowest BCUT2D eigenvalue weighted by molar-refractivity contribution is -0.158. The van der Waals surface area contributed by atoms with Gasteiger partial charge in [0, 0.05) is 30.7 Å². The summed E-state index contributed by atoms with van der Waals surface area (Å²) in [6.45, 7) is 0. The van der Waals surface area contributed by atoms with E-state index < -0.39 is 29.3 Å². The van der Waals surface area contributed by atoms with Crippen LogP contribution in [0.5, 0.6) is 0 Å². The molecule has 6 nitrogen and oxygen atoms in total. The average molecular weight is 270 g/mol. The van der Waals surface area contributed by atoms with Gasteiger partial charge in [0.1, 0.15) is 0 Å². The minimum absolute atomic E-state index is 0.182. The Hall–Kier alpha value is -2.76. The van der Waals surface area contributed by atoms with Crippen molar-refractivity contribution in [2.45, 2.75) is 12.1 Å². The second kappa shape index (κ2) is 4.12. The zero-order chi connectivity index (χ0) is 14.3. The Morgan fingerprint density at radius 3 is 1.55 bits per heavy atom. The monoisotopic (exact) mass is 270 g/mol. The lowest BCUT2D eigenvalue weighted by Gasteiger charge is -2.43. The number of amides is 4. The van der Waals surface area contributed by atoms with Crippen LogP contribution in [0.1, 0.15) is 6.42 Å². The molecule has 0 aromatic carbocycles. The second-order valence-corrected chi connectivity index (χ2v) is 4.56. The van der Waals surface area contributed by atoms with Crippen molar-refractivity contribution in [3.8, 4) is 0 Å². The van der Waals surface area contributed by atoms with Gasteiger partial charge in [-0.25, -0.2) is 9.80 Å². The molecule has 0 fully saturated rings. The van der Waals surface area contributed by atoms with Crippen LogP contribution in [-0.2, 0) is 19.2 Å². The van der Waals surface area contributed by atoms with Crippen LogP contribution in [0.25, 0.3) is 0 Å². The third-order valence-corrected chi connectivity index (χ3v) is 3.42. The van der Waals surface area contributed by atoms with Crippen molar-refractivity contribution in [2.75, 3.05) is 0 Å². The molecule has 0 atom stereocenters. The van der Waals surface area contributed by atoms with E-state index >= 15 is 0 Å². The van der Waals surface area contributed by atoms with Crippen molar-refractivity contribution < 1.29 is 19.2 Å². The minimum atomic E-state index is -1.40. The summed E-state index contributed by atoms with van der Waals surface area (Å²) in [6.07, 6.45) is 11.3. The van der Waals surface area contributed by atoms with E-state index in [9.17, 15) is 19.2 Å². The predicted octanol–water partition coefficient (Wildman–Crippen LogP) is 0.0488. The zero-order valence-corrected chi connectivity index (χ0v) is 10.4. The molecular formula is C14H10N2O4. The normalized spacial score (nSPS) is 23.6. The predicted molar refractivity (Wildman–Crippen MR) is 67.6 cm³/mol. The van der Waals surface area contributed by atoms with Crippen molar-refractivity contribution in [1.29, 1.82) is 0 Å². The molecule has 0 N–H and O–H groups in total. The van der Waals surface area contributed by atoms with E-state index in [1.807, 2.05) is 0 Å². The highest BCUT2D eigenvalue weighted by atomic mass is 16.2. The quantitative estimate of drug-likeness (QED) is 0.664. The van der Waals surface area contributed by atoms with Gasteiger partial charge in [-0.15, -0.1) is 0 Å². The highest BCUT2D eigenvalue weighted by molar-refractivity contribution is 6.17. The topological polar surface area (TPSA) is 74.8 Å². The molecule has 0 unspecified atom stereocenters. The van der Waals surface area contributed by atoms with Crippen LogP contribution in [0.3, 0.4) is 0 Å². The minimum Gasteiger partial charge on any atom is -0.269 e. The summed E-state index contributed by atoms with van der Waals surface area (Å²) in [5.74, 6) is -2.16. The number of hydrogen-bond donors (Lipinski definition) is 0. The summed E-state index contributed by atoms with van der Waals surface area (Å²) in [4.78, 5) is 49.7. The van der Waals surface area contributed by atoms with Gasteiger partial charge in [0.15, 0.2) is 5.66 Å². The molecule has 0 aromatic rings. The van der Waals surface area contributed by atoms with Gasteiger partial charge in [0.25, 0.3) is 23.6 Å². The van der Waals surface area contributed by atoms with Gasteiger partial charge in [0.2, 0.25) is 0 Å². The number of imide groups is 2. The Balaban J connectivity index is 2.11. The van der Waals surface area contributed by atoms with E-state index in [4.69, 9.17) is 0 Å². The molecule has 0 radical (unpaired) electrons. The molecule has 6 heteroatoms. The Labute approximate surface area is 114 Å². The number of carbonyl (C=O) groups excluding carboxylic acids is 4. The van der Waals surface area contributed by atoms with Crippen molar-refractivity contribution in [2.24, 2.45) is 0 Å². The summed E-state index contributed by atoms with van der Waals surface area (Å²) >= 11 is 0. The molecule has 0 saturated heterocycles. The molecular weight excluding hydrogens is 260 g/mol. The summed E-state index contributed by atoms with van der Waals surface area (Å²) in [5, 5.41) is 0. The second-order valence-electron chi connectivity index (χ2n) is 4.56. The number of rotatable bonds is 2. The van der Waals surface area contributed by atoms with Crippen LogP contribution < -0.4 is 0 Å². The first-order chi connectivity index (χ1) is 9.56. The smallest absolute Gasteiger partial charge is 0.255 e. The van der Waals surface area contributed by atoms with E-state index in [1.54, 1.807) is 18.2 Å². The Morgan fingerprint density at radius 1 is 0.750 bits per heavy atom.